The van der Waals surface area contributed by atoms with E-state index >= 15 is 0 Å². The number of nitrogens with zero attached hydrogens (tertiary/aromatic N) is 3. The molecule has 0 aliphatic carbocycles. The summed E-state index contributed by atoms with van der Waals surface area (Å²) in [5, 5.41) is 25.1. The van der Waals surface area contributed by atoms with E-state index < -0.39 is 5.91 Å². The van der Waals surface area contributed by atoms with Crippen molar-refractivity contribution in [2.45, 2.75) is 0 Å². The predicted molar refractivity (Wildman–Crippen MR) is 108 cm³/mol. The Bertz CT molecular complexity index is 1180. The number of azo groups is 1. The van der Waals surface area contributed by atoms with Crippen LogP contribution >= 0.6 is 31.9 Å². The number of amides is 1. The van der Waals surface area contributed by atoms with E-state index in [0.29, 0.717) is 16.6 Å². The summed E-state index contributed by atoms with van der Waals surface area (Å²) in [7, 11) is 0. The monoisotopic (exact) mass is 487 g/mol. The van der Waals surface area contributed by atoms with Crippen molar-refractivity contribution in [3.05, 3.63) is 63.2 Å². The van der Waals surface area contributed by atoms with Crippen molar-refractivity contribution < 1.29 is 9.90 Å². The summed E-state index contributed by atoms with van der Waals surface area (Å²) in [5.74, 6) is -0.741. The molecule has 0 aliphatic rings. The summed E-state index contributed by atoms with van der Waals surface area (Å²) in [6.07, 6.45) is 0. The molecule has 0 unspecified atom stereocenters. The van der Waals surface area contributed by atoms with Crippen LogP contribution in [0.3, 0.4) is 0 Å². The van der Waals surface area contributed by atoms with E-state index in [-0.39, 0.29) is 17.3 Å². The minimum absolute atomic E-state index is 0.153. The zero-order valence-corrected chi connectivity index (χ0v) is 16.7. The minimum atomic E-state index is -0.588. The van der Waals surface area contributed by atoms with Crippen LogP contribution < -0.4 is 0 Å². The number of carbonyl (C=O) groups excluding carboxylic acids is 1. The van der Waals surface area contributed by atoms with E-state index in [9.17, 15) is 9.90 Å². The van der Waals surface area contributed by atoms with E-state index in [4.69, 9.17) is 0 Å². The van der Waals surface area contributed by atoms with E-state index in [1.807, 2.05) is 30.3 Å². The first-order valence-electron chi connectivity index (χ1n) is 7.79. The molecule has 2 aromatic carbocycles. The fraction of sp³-hybridized carbons (Fsp3) is 0. The first kappa shape index (κ1) is 17.6. The van der Waals surface area contributed by atoms with Gasteiger partial charge < -0.3 is 10.1 Å². The smallest absolute Gasteiger partial charge is 0.313 e. The van der Waals surface area contributed by atoms with E-state index in [1.54, 1.807) is 18.2 Å². The van der Waals surface area contributed by atoms with Crippen LogP contribution in [0.2, 0.25) is 0 Å². The molecule has 27 heavy (non-hydrogen) atoms. The lowest BCUT2D eigenvalue weighted by atomic mass is 10.1. The molecule has 7 nitrogen and oxygen atoms in total. The van der Waals surface area contributed by atoms with Gasteiger partial charge in [-0.05, 0) is 36.4 Å². The molecule has 0 saturated heterocycles. The summed E-state index contributed by atoms with van der Waals surface area (Å²) < 4.78 is 1.78. The molecule has 0 bridgehead atoms. The molecule has 0 spiro atoms. The second kappa shape index (κ2) is 7.09. The zero-order chi connectivity index (χ0) is 19.0. The van der Waals surface area contributed by atoms with Crippen molar-refractivity contribution in [2.24, 2.45) is 10.2 Å². The highest BCUT2D eigenvalue weighted by molar-refractivity contribution is 9.10. The van der Waals surface area contributed by atoms with Crippen molar-refractivity contribution in [3.63, 3.8) is 0 Å². The van der Waals surface area contributed by atoms with Gasteiger partial charge in [-0.25, -0.2) is 0 Å². The third-order valence-corrected chi connectivity index (χ3v) is 4.93. The summed E-state index contributed by atoms with van der Waals surface area (Å²) in [6.45, 7) is 0. The average Bonchev–Trinajstić information content (AvgIpc) is 3.25. The Morgan fingerprint density at radius 1 is 1.04 bits per heavy atom. The van der Waals surface area contributed by atoms with Crippen LogP contribution in [0.5, 0.6) is 5.88 Å². The average molecular weight is 489 g/mol. The normalized spacial score (nSPS) is 11.5. The number of nitrogens with one attached hydrogen (secondary N) is 2. The van der Waals surface area contributed by atoms with Crippen LogP contribution in [0, 0.1) is 0 Å². The highest BCUT2D eigenvalue weighted by Crippen LogP contribution is 2.36. The van der Waals surface area contributed by atoms with Crippen molar-refractivity contribution in [2.75, 3.05) is 0 Å². The molecule has 0 atom stereocenters. The lowest BCUT2D eigenvalue weighted by Crippen LogP contribution is -1.93. The van der Waals surface area contributed by atoms with E-state index in [2.05, 4.69) is 57.3 Å². The quantitative estimate of drug-likeness (QED) is 0.321. The lowest BCUT2D eigenvalue weighted by molar-refractivity contribution is 0.0990. The fourth-order valence-corrected chi connectivity index (χ4v) is 3.21. The zero-order valence-electron chi connectivity index (χ0n) is 13.6. The Morgan fingerprint density at radius 2 is 1.78 bits per heavy atom. The van der Waals surface area contributed by atoms with Crippen LogP contribution in [0.25, 0.3) is 22.2 Å². The number of hydrogen-bond acceptors (Lipinski definition) is 4. The highest BCUT2D eigenvalue weighted by atomic mass is 79.9. The van der Waals surface area contributed by atoms with Crippen LogP contribution in [0.15, 0.2) is 67.7 Å². The molecule has 2 aromatic heterocycles. The molecule has 3 N–H and O–H groups in total. The maximum atomic E-state index is 12.3. The molecule has 2 heterocycles. The van der Waals surface area contributed by atoms with E-state index in [0.717, 1.165) is 14.5 Å². The number of carbonyl (C=O) groups is 1. The first-order valence-corrected chi connectivity index (χ1v) is 9.37. The Balaban J connectivity index is 1.60. The molecule has 0 fully saturated rings. The summed E-state index contributed by atoms with van der Waals surface area (Å²) in [6, 6.07) is 14.6. The number of benzene rings is 2. The van der Waals surface area contributed by atoms with E-state index in [1.165, 1.54) is 0 Å². The second-order valence-corrected chi connectivity index (χ2v) is 7.52. The van der Waals surface area contributed by atoms with Crippen molar-refractivity contribution in [3.8, 4) is 17.1 Å². The maximum absolute atomic E-state index is 12.3. The standard InChI is InChI=1S/C18H11Br2N5O2/c19-10-3-1-9(2-4-10)14-8-15(23-22-14)17(26)25-24-16-12-7-11(20)5-6-13(12)21-18(16)27/h1-8,21,27H,(H,22,23). The number of aromatic nitrogens is 3. The largest absolute Gasteiger partial charge is 0.493 e. The summed E-state index contributed by atoms with van der Waals surface area (Å²) in [5.41, 5.74) is 2.59. The third kappa shape index (κ3) is 3.56. The van der Waals surface area contributed by atoms with Gasteiger partial charge in [0.25, 0.3) is 0 Å². The van der Waals surface area contributed by atoms with Crippen molar-refractivity contribution in [1.29, 1.82) is 0 Å². The van der Waals surface area contributed by atoms with Gasteiger partial charge in [0.15, 0.2) is 5.69 Å². The molecule has 1 amide bonds. The molecule has 9 heteroatoms. The number of H-pyrrole nitrogens is 2. The number of fused-ring (bicyclic) bond motifs is 1. The van der Waals surface area contributed by atoms with Crippen LogP contribution in [-0.4, -0.2) is 26.2 Å². The molecule has 0 saturated carbocycles. The number of rotatable bonds is 3. The van der Waals surface area contributed by atoms with Gasteiger partial charge in [0, 0.05) is 19.9 Å². The Hall–Kier alpha value is -2.78. The molecular weight excluding hydrogens is 478 g/mol. The van der Waals surface area contributed by atoms with Crippen LogP contribution in [0.1, 0.15) is 10.5 Å². The molecule has 0 radical (unpaired) electrons. The lowest BCUT2D eigenvalue weighted by Gasteiger charge is -1.95. The van der Waals surface area contributed by atoms with Gasteiger partial charge in [0.2, 0.25) is 5.88 Å². The van der Waals surface area contributed by atoms with Crippen molar-refractivity contribution >= 4 is 54.4 Å². The van der Waals surface area contributed by atoms with Gasteiger partial charge in [-0.2, -0.15) is 5.10 Å². The van der Waals surface area contributed by atoms with Gasteiger partial charge >= 0.3 is 5.91 Å². The maximum Gasteiger partial charge on any atom is 0.313 e. The topological polar surface area (TPSA) is 106 Å². The van der Waals surface area contributed by atoms with Crippen molar-refractivity contribution in [1.82, 2.24) is 15.2 Å². The summed E-state index contributed by atoms with van der Waals surface area (Å²) >= 11 is 6.75. The minimum Gasteiger partial charge on any atom is -0.493 e. The van der Waals surface area contributed by atoms with Gasteiger partial charge in [0.05, 0.1) is 11.2 Å². The van der Waals surface area contributed by atoms with Gasteiger partial charge in [-0.1, -0.05) is 44.0 Å². The number of aromatic amines is 2. The molecule has 4 aromatic rings. The number of hydrogen-bond donors (Lipinski definition) is 3. The number of aromatic hydroxyl groups is 1. The summed E-state index contributed by atoms with van der Waals surface area (Å²) in [4.78, 5) is 15.1. The Kier molecular flexibility index (Phi) is 4.63. The first-order chi connectivity index (χ1) is 13.0. The van der Waals surface area contributed by atoms with Crippen LogP contribution in [-0.2, 0) is 0 Å². The Labute approximate surface area is 169 Å². The Morgan fingerprint density at radius 3 is 2.56 bits per heavy atom. The van der Waals surface area contributed by atoms with Crippen LogP contribution in [0.4, 0.5) is 5.69 Å². The SMILES string of the molecule is O=C(N=Nc1c(O)[nH]c2ccc(Br)cc12)c1cc(-c2ccc(Br)cc2)n[nH]1. The van der Waals surface area contributed by atoms with Gasteiger partial charge in [-0.15, -0.1) is 10.2 Å². The third-order valence-electron chi connectivity index (χ3n) is 3.90. The number of halogens is 2. The predicted octanol–water partition coefficient (Wildman–Crippen LogP) is 5.71. The molecular formula is C18H11Br2N5O2. The highest BCUT2D eigenvalue weighted by Gasteiger charge is 2.14. The fourth-order valence-electron chi connectivity index (χ4n) is 2.59. The second-order valence-electron chi connectivity index (χ2n) is 5.69. The molecule has 4 rings (SSSR count). The molecule has 0 aliphatic heterocycles. The van der Waals surface area contributed by atoms with Gasteiger partial charge in [0.1, 0.15) is 5.69 Å². The molecule has 134 valence electrons. The van der Waals surface area contributed by atoms with Gasteiger partial charge in [-0.3, -0.25) is 9.89 Å².